The largest absolute Gasteiger partial charge is 0.313 e. The first-order valence-corrected chi connectivity index (χ1v) is 8.89. The maximum atomic E-state index is 3.78. The van der Waals surface area contributed by atoms with E-state index in [9.17, 15) is 0 Å². The Morgan fingerprint density at radius 1 is 1.15 bits per heavy atom. The van der Waals surface area contributed by atoms with Crippen molar-refractivity contribution in [1.29, 1.82) is 0 Å². The van der Waals surface area contributed by atoms with Crippen molar-refractivity contribution in [3.05, 3.63) is 0 Å². The zero-order valence-electron chi connectivity index (χ0n) is 14.4. The predicted molar refractivity (Wildman–Crippen MR) is 88.0 cm³/mol. The molecule has 0 aliphatic heterocycles. The number of nitrogens with one attached hydrogen (secondary N) is 1. The molecule has 0 amide bonds. The lowest BCUT2D eigenvalue weighted by atomic mass is 9.83. The minimum atomic E-state index is 0.472. The molecular formula is C18H36N2. The van der Waals surface area contributed by atoms with Gasteiger partial charge in [-0.3, -0.25) is 0 Å². The van der Waals surface area contributed by atoms with E-state index >= 15 is 0 Å². The van der Waals surface area contributed by atoms with Crippen LogP contribution in [-0.2, 0) is 0 Å². The molecule has 0 aromatic rings. The van der Waals surface area contributed by atoms with Crippen molar-refractivity contribution in [3.8, 4) is 0 Å². The number of nitrogens with zero attached hydrogens (tertiary/aromatic N) is 1. The zero-order chi connectivity index (χ0) is 14.8. The van der Waals surface area contributed by atoms with Crippen LogP contribution >= 0.6 is 0 Å². The summed E-state index contributed by atoms with van der Waals surface area (Å²) in [4.78, 5) is 2.69. The van der Waals surface area contributed by atoms with Gasteiger partial charge in [-0.15, -0.1) is 0 Å². The van der Waals surface area contributed by atoms with Gasteiger partial charge in [0.2, 0.25) is 0 Å². The van der Waals surface area contributed by atoms with Gasteiger partial charge in [-0.2, -0.15) is 0 Å². The minimum Gasteiger partial charge on any atom is -0.313 e. The van der Waals surface area contributed by atoms with Crippen LogP contribution in [0.3, 0.4) is 0 Å². The highest BCUT2D eigenvalue weighted by Crippen LogP contribution is 2.42. The van der Waals surface area contributed by atoms with E-state index < -0.39 is 0 Å². The summed E-state index contributed by atoms with van der Waals surface area (Å²) in [5, 5.41) is 3.78. The summed E-state index contributed by atoms with van der Waals surface area (Å²) in [5.74, 6) is 1.73. The molecule has 20 heavy (non-hydrogen) atoms. The summed E-state index contributed by atoms with van der Waals surface area (Å²) in [6.45, 7) is 12.0. The van der Waals surface area contributed by atoms with Crippen LogP contribution in [0.15, 0.2) is 0 Å². The number of hydrogen-bond acceptors (Lipinski definition) is 2. The molecule has 2 rings (SSSR count). The van der Waals surface area contributed by atoms with E-state index in [-0.39, 0.29) is 0 Å². The van der Waals surface area contributed by atoms with E-state index in [1.807, 2.05) is 0 Å². The first-order chi connectivity index (χ1) is 9.45. The molecule has 1 N–H and O–H groups in total. The molecule has 0 radical (unpaired) electrons. The second kappa shape index (κ2) is 6.79. The maximum absolute atomic E-state index is 3.78. The van der Waals surface area contributed by atoms with Crippen molar-refractivity contribution in [1.82, 2.24) is 10.2 Å². The van der Waals surface area contributed by atoms with E-state index in [2.05, 4.69) is 45.0 Å². The van der Waals surface area contributed by atoms with Gasteiger partial charge in [0.05, 0.1) is 0 Å². The summed E-state index contributed by atoms with van der Waals surface area (Å²) in [6, 6.07) is 1.53. The Balaban J connectivity index is 1.94. The average Bonchev–Trinajstić information content (AvgIpc) is 2.67. The van der Waals surface area contributed by atoms with Gasteiger partial charge in [-0.05, 0) is 56.5 Å². The topological polar surface area (TPSA) is 15.3 Å². The van der Waals surface area contributed by atoms with Crippen molar-refractivity contribution in [3.63, 3.8) is 0 Å². The first-order valence-electron chi connectivity index (χ1n) is 8.89. The van der Waals surface area contributed by atoms with Crippen molar-refractivity contribution in [2.75, 3.05) is 20.1 Å². The third kappa shape index (κ3) is 3.57. The molecule has 2 aliphatic rings. The van der Waals surface area contributed by atoms with Gasteiger partial charge >= 0.3 is 0 Å². The standard InChI is InChI=1S/C18H36N2/c1-6-19-17-15(11-12-18(17,3)4)13-20(5)16-10-8-7-9-14(16)2/h14-17,19H,6-13H2,1-5H3. The molecule has 0 spiro atoms. The van der Waals surface area contributed by atoms with Crippen molar-refractivity contribution in [2.45, 2.75) is 78.3 Å². The van der Waals surface area contributed by atoms with Gasteiger partial charge in [-0.25, -0.2) is 0 Å². The van der Waals surface area contributed by atoms with E-state index in [1.54, 1.807) is 0 Å². The lowest BCUT2D eigenvalue weighted by molar-refractivity contribution is 0.110. The molecule has 118 valence electrons. The predicted octanol–water partition coefficient (Wildman–Crippen LogP) is 3.91. The van der Waals surface area contributed by atoms with Crippen LogP contribution in [0.25, 0.3) is 0 Å². The van der Waals surface area contributed by atoms with Crippen LogP contribution in [0.5, 0.6) is 0 Å². The van der Waals surface area contributed by atoms with Gasteiger partial charge in [0.15, 0.2) is 0 Å². The molecule has 4 unspecified atom stereocenters. The van der Waals surface area contributed by atoms with Gasteiger partial charge in [0, 0.05) is 18.6 Å². The highest BCUT2D eigenvalue weighted by molar-refractivity contribution is 4.97. The smallest absolute Gasteiger partial charge is 0.0159 e. The second-order valence-electron chi connectivity index (χ2n) is 8.09. The van der Waals surface area contributed by atoms with Gasteiger partial charge in [0.1, 0.15) is 0 Å². The Hall–Kier alpha value is -0.0800. The fraction of sp³-hybridized carbons (Fsp3) is 1.00. The minimum absolute atomic E-state index is 0.472. The number of rotatable bonds is 5. The van der Waals surface area contributed by atoms with Crippen LogP contribution in [0, 0.1) is 17.3 Å². The van der Waals surface area contributed by atoms with E-state index in [1.165, 1.54) is 45.1 Å². The molecule has 2 fully saturated rings. The zero-order valence-corrected chi connectivity index (χ0v) is 14.4. The second-order valence-corrected chi connectivity index (χ2v) is 8.09. The molecule has 0 bridgehead atoms. The van der Waals surface area contributed by atoms with Crippen molar-refractivity contribution < 1.29 is 0 Å². The molecule has 0 heterocycles. The Labute approximate surface area is 126 Å². The quantitative estimate of drug-likeness (QED) is 0.821. The molecule has 0 aromatic heterocycles. The molecule has 2 heteroatoms. The van der Waals surface area contributed by atoms with Crippen LogP contribution in [0.4, 0.5) is 0 Å². The molecular weight excluding hydrogens is 244 g/mol. The summed E-state index contributed by atoms with van der Waals surface area (Å²) < 4.78 is 0. The van der Waals surface area contributed by atoms with Gasteiger partial charge in [-0.1, -0.05) is 40.5 Å². The fourth-order valence-electron chi connectivity index (χ4n) is 4.83. The van der Waals surface area contributed by atoms with E-state index in [4.69, 9.17) is 0 Å². The lowest BCUT2D eigenvalue weighted by Crippen LogP contribution is -2.48. The average molecular weight is 280 g/mol. The molecule has 2 nitrogen and oxygen atoms in total. The number of hydrogen-bond donors (Lipinski definition) is 1. The van der Waals surface area contributed by atoms with Crippen LogP contribution in [0.1, 0.15) is 66.2 Å². The van der Waals surface area contributed by atoms with E-state index in [0.717, 1.165) is 24.4 Å². The van der Waals surface area contributed by atoms with Gasteiger partial charge < -0.3 is 10.2 Å². The van der Waals surface area contributed by atoms with Crippen LogP contribution < -0.4 is 5.32 Å². The first kappa shape index (κ1) is 16.3. The third-order valence-electron chi connectivity index (χ3n) is 6.05. The molecule has 4 atom stereocenters. The lowest BCUT2D eigenvalue weighted by Gasteiger charge is -2.39. The summed E-state index contributed by atoms with van der Waals surface area (Å²) in [7, 11) is 2.38. The SMILES string of the molecule is CCNC1C(CN(C)C2CCCCC2C)CCC1(C)C. The normalized spacial score (nSPS) is 37.5. The molecule has 0 saturated heterocycles. The monoisotopic (exact) mass is 280 g/mol. The molecule has 2 aliphatic carbocycles. The summed E-state index contributed by atoms with van der Waals surface area (Å²) >= 11 is 0. The maximum Gasteiger partial charge on any atom is 0.0159 e. The van der Waals surface area contributed by atoms with Crippen LogP contribution in [-0.4, -0.2) is 37.1 Å². The summed E-state index contributed by atoms with van der Waals surface area (Å²) in [6.07, 6.45) is 8.51. The van der Waals surface area contributed by atoms with Gasteiger partial charge in [0.25, 0.3) is 0 Å². The third-order valence-corrected chi connectivity index (χ3v) is 6.05. The van der Waals surface area contributed by atoms with Crippen molar-refractivity contribution in [2.24, 2.45) is 17.3 Å². The van der Waals surface area contributed by atoms with E-state index in [0.29, 0.717) is 11.5 Å². The Bertz CT molecular complexity index is 300. The van der Waals surface area contributed by atoms with Crippen molar-refractivity contribution >= 4 is 0 Å². The summed E-state index contributed by atoms with van der Waals surface area (Å²) in [5.41, 5.74) is 0.472. The highest BCUT2D eigenvalue weighted by Gasteiger charge is 2.42. The Morgan fingerprint density at radius 2 is 1.85 bits per heavy atom. The Kier molecular flexibility index (Phi) is 5.53. The molecule has 2 saturated carbocycles. The van der Waals surface area contributed by atoms with Crippen LogP contribution in [0.2, 0.25) is 0 Å². The highest BCUT2D eigenvalue weighted by atomic mass is 15.1. The fourth-order valence-corrected chi connectivity index (χ4v) is 4.83. The Morgan fingerprint density at radius 3 is 2.50 bits per heavy atom. The molecule has 0 aromatic carbocycles.